The highest BCUT2D eigenvalue weighted by Crippen LogP contribution is 2.29. The lowest BCUT2D eigenvalue weighted by Gasteiger charge is -2.16. The first-order chi connectivity index (χ1) is 9.63. The van der Waals surface area contributed by atoms with E-state index in [9.17, 15) is 4.39 Å². The van der Waals surface area contributed by atoms with Crippen LogP contribution in [0.1, 0.15) is 17.0 Å². The van der Waals surface area contributed by atoms with Gasteiger partial charge in [-0.2, -0.15) is 0 Å². The molecule has 1 unspecified atom stereocenters. The molecular weight excluding hydrogens is 387 g/mol. The van der Waals surface area contributed by atoms with Crippen molar-refractivity contribution in [1.29, 1.82) is 0 Å². The molecule has 0 bridgehead atoms. The van der Waals surface area contributed by atoms with Crippen molar-refractivity contribution in [3.8, 4) is 5.75 Å². The topological polar surface area (TPSA) is 9.23 Å². The maximum Gasteiger partial charge on any atom is 0.123 e. The third-order valence-electron chi connectivity index (χ3n) is 3.23. The molecule has 0 aromatic heterocycles. The molecule has 1 nitrogen and oxygen atoms in total. The van der Waals surface area contributed by atoms with Gasteiger partial charge in [-0.05, 0) is 53.8 Å². The van der Waals surface area contributed by atoms with Crippen molar-refractivity contribution in [3.05, 3.63) is 63.9 Å². The first kappa shape index (κ1) is 15.5. The molecule has 4 heteroatoms. The zero-order valence-electron chi connectivity index (χ0n) is 11.1. The van der Waals surface area contributed by atoms with E-state index >= 15 is 0 Å². The standard InChI is InChI=1S/C16H15Br2FO/c1-20-15-5-6-16(18)12(9-15)7-13(10-17)11-3-2-4-14(19)8-11/h2-6,8-9,13H,7,10H2,1H3. The summed E-state index contributed by atoms with van der Waals surface area (Å²) >= 11 is 7.09. The number of benzene rings is 2. The fourth-order valence-corrected chi connectivity index (χ4v) is 3.13. The molecule has 0 spiro atoms. The molecule has 0 saturated heterocycles. The second-order valence-corrected chi connectivity index (χ2v) is 6.07. The Labute approximate surface area is 135 Å². The minimum absolute atomic E-state index is 0.196. The van der Waals surface area contributed by atoms with E-state index in [2.05, 4.69) is 31.9 Å². The third kappa shape index (κ3) is 3.83. The van der Waals surface area contributed by atoms with E-state index in [0.717, 1.165) is 33.1 Å². The highest BCUT2D eigenvalue weighted by molar-refractivity contribution is 9.10. The van der Waals surface area contributed by atoms with Crippen LogP contribution in [-0.2, 0) is 6.42 Å². The lowest BCUT2D eigenvalue weighted by molar-refractivity contribution is 0.414. The summed E-state index contributed by atoms with van der Waals surface area (Å²) in [6.07, 6.45) is 0.812. The van der Waals surface area contributed by atoms with Gasteiger partial charge in [0.15, 0.2) is 0 Å². The van der Waals surface area contributed by atoms with E-state index in [-0.39, 0.29) is 11.7 Å². The fraction of sp³-hybridized carbons (Fsp3) is 0.250. The Hall–Kier alpha value is -0.870. The second kappa shape index (κ2) is 7.23. The molecule has 0 aliphatic heterocycles. The summed E-state index contributed by atoms with van der Waals surface area (Å²) in [5.41, 5.74) is 2.15. The molecule has 0 amide bonds. The Morgan fingerprint density at radius 2 is 2.00 bits per heavy atom. The molecule has 2 rings (SSSR count). The Bertz CT molecular complexity index is 586. The zero-order valence-corrected chi connectivity index (χ0v) is 14.2. The van der Waals surface area contributed by atoms with Gasteiger partial charge < -0.3 is 4.74 Å². The van der Waals surface area contributed by atoms with E-state index in [1.807, 2.05) is 24.3 Å². The maximum atomic E-state index is 13.4. The van der Waals surface area contributed by atoms with Gasteiger partial charge in [-0.3, -0.25) is 0 Å². The highest BCUT2D eigenvalue weighted by atomic mass is 79.9. The summed E-state index contributed by atoms with van der Waals surface area (Å²) in [5, 5.41) is 0.778. The van der Waals surface area contributed by atoms with Crippen LogP contribution < -0.4 is 4.74 Å². The summed E-state index contributed by atoms with van der Waals surface area (Å²) in [6.45, 7) is 0. The van der Waals surface area contributed by atoms with E-state index < -0.39 is 0 Å². The van der Waals surface area contributed by atoms with Crippen molar-refractivity contribution in [1.82, 2.24) is 0 Å². The molecule has 20 heavy (non-hydrogen) atoms. The number of rotatable bonds is 5. The van der Waals surface area contributed by atoms with E-state index in [1.165, 1.54) is 6.07 Å². The van der Waals surface area contributed by atoms with Crippen molar-refractivity contribution in [2.75, 3.05) is 12.4 Å². The lowest BCUT2D eigenvalue weighted by Crippen LogP contribution is -2.05. The smallest absolute Gasteiger partial charge is 0.123 e. The minimum atomic E-state index is -0.196. The summed E-state index contributed by atoms with van der Waals surface area (Å²) in [5.74, 6) is 0.850. The van der Waals surface area contributed by atoms with Gasteiger partial charge in [0.25, 0.3) is 0 Å². The summed E-state index contributed by atoms with van der Waals surface area (Å²) in [6, 6.07) is 12.7. The summed E-state index contributed by atoms with van der Waals surface area (Å²) in [4.78, 5) is 0. The van der Waals surface area contributed by atoms with E-state index in [0.29, 0.717) is 0 Å². The lowest BCUT2D eigenvalue weighted by atomic mass is 9.93. The van der Waals surface area contributed by atoms with Crippen LogP contribution in [0.3, 0.4) is 0 Å². The van der Waals surface area contributed by atoms with Gasteiger partial charge >= 0.3 is 0 Å². The predicted molar refractivity (Wildman–Crippen MR) is 87.3 cm³/mol. The number of hydrogen-bond donors (Lipinski definition) is 0. The van der Waals surface area contributed by atoms with Gasteiger partial charge in [-0.1, -0.05) is 44.0 Å². The first-order valence-electron chi connectivity index (χ1n) is 6.28. The van der Waals surface area contributed by atoms with Crippen LogP contribution in [0.2, 0.25) is 0 Å². The molecule has 0 heterocycles. The number of halogens is 3. The average Bonchev–Trinajstić information content (AvgIpc) is 2.46. The maximum absolute atomic E-state index is 13.4. The molecule has 106 valence electrons. The summed E-state index contributed by atoms with van der Waals surface area (Å²) < 4.78 is 19.7. The van der Waals surface area contributed by atoms with Gasteiger partial charge in [0, 0.05) is 9.80 Å². The van der Waals surface area contributed by atoms with Crippen LogP contribution in [0, 0.1) is 5.82 Å². The number of hydrogen-bond acceptors (Lipinski definition) is 1. The Morgan fingerprint density at radius 1 is 1.20 bits per heavy atom. The first-order valence-corrected chi connectivity index (χ1v) is 8.19. The molecule has 0 fully saturated rings. The monoisotopic (exact) mass is 400 g/mol. The molecule has 0 saturated carbocycles. The third-order valence-corrected chi connectivity index (χ3v) is 4.78. The SMILES string of the molecule is COc1ccc(Br)c(CC(CBr)c2cccc(F)c2)c1. The van der Waals surface area contributed by atoms with Crippen molar-refractivity contribution in [2.24, 2.45) is 0 Å². The molecule has 2 aromatic carbocycles. The van der Waals surface area contributed by atoms with Gasteiger partial charge in [-0.15, -0.1) is 0 Å². The van der Waals surface area contributed by atoms with Gasteiger partial charge in [0.2, 0.25) is 0 Å². The van der Waals surface area contributed by atoms with E-state index in [1.54, 1.807) is 19.2 Å². The van der Waals surface area contributed by atoms with Crippen molar-refractivity contribution in [3.63, 3.8) is 0 Å². The van der Waals surface area contributed by atoms with Gasteiger partial charge in [0.05, 0.1) is 7.11 Å². The normalized spacial score (nSPS) is 12.2. The summed E-state index contributed by atoms with van der Waals surface area (Å²) in [7, 11) is 1.65. The number of alkyl halides is 1. The zero-order chi connectivity index (χ0) is 14.5. The molecule has 2 aromatic rings. The number of methoxy groups -OCH3 is 1. The quantitative estimate of drug-likeness (QED) is 0.616. The molecule has 1 atom stereocenters. The van der Waals surface area contributed by atoms with Crippen LogP contribution in [0.5, 0.6) is 5.75 Å². The van der Waals surface area contributed by atoms with Crippen molar-refractivity contribution >= 4 is 31.9 Å². The largest absolute Gasteiger partial charge is 0.497 e. The van der Waals surface area contributed by atoms with Crippen LogP contribution in [0.15, 0.2) is 46.9 Å². The Kier molecular flexibility index (Phi) is 5.61. The molecule has 0 N–H and O–H groups in total. The van der Waals surface area contributed by atoms with Crippen LogP contribution >= 0.6 is 31.9 Å². The van der Waals surface area contributed by atoms with Crippen LogP contribution in [0.25, 0.3) is 0 Å². The fourth-order valence-electron chi connectivity index (χ4n) is 2.12. The predicted octanol–water partition coefficient (Wildman–Crippen LogP) is 5.32. The Balaban J connectivity index is 2.26. The molecule has 0 aliphatic rings. The van der Waals surface area contributed by atoms with Crippen LogP contribution in [-0.4, -0.2) is 12.4 Å². The van der Waals surface area contributed by atoms with Crippen molar-refractivity contribution in [2.45, 2.75) is 12.3 Å². The minimum Gasteiger partial charge on any atom is -0.497 e. The second-order valence-electron chi connectivity index (χ2n) is 4.57. The molecular formula is C16H15Br2FO. The van der Waals surface area contributed by atoms with Gasteiger partial charge in [0.1, 0.15) is 11.6 Å². The number of ether oxygens (including phenoxy) is 1. The van der Waals surface area contributed by atoms with E-state index in [4.69, 9.17) is 4.74 Å². The van der Waals surface area contributed by atoms with Gasteiger partial charge in [-0.25, -0.2) is 4.39 Å². The molecule has 0 aliphatic carbocycles. The highest BCUT2D eigenvalue weighted by Gasteiger charge is 2.14. The average molecular weight is 402 g/mol. The molecule has 0 radical (unpaired) electrons. The van der Waals surface area contributed by atoms with Crippen molar-refractivity contribution < 1.29 is 9.13 Å². The van der Waals surface area contributed by atoms with Crippen LogP contribution in [0.4, 0.5) is 4.39 Å². The Morgan fingerprint density at radius 3 is 2.65 bits per heavy atom.